The highest BCUT2D eigenvalue weighted by molar-refractivity contribution is 9.10. The van der Waals surface area contributed by atoms with Crippen molar-refractivity contribution in [2.75, 3.05) is 11.1 Å². The number of hydrogen-bond donors (Lipinski definition) is 2. The second kappa shape index (κ2) is 11.3. The lowest BCUT2D eigenvalue weighted by Gasteiger charge is -2.15. The summed E-state index contributed by atoms with van der Waals surface area (Å²) in [6.07, 6.45) is 1.73. The number of rotatable bonds is 9. The van der Waals surface area contributed by atoms with Crippen molar-refractivity contribution in [3.8, 4) is 0 Å². The number of hydrogen-bond acceptors (Lipinski definition) is 5. The van der Waals surface area contributed by atoms with Crippen LogP contribution in [0.25, 0.3) is 0 Å². The Labute approximate surface area is 206 Å². The van der Waals surface area contributed by atoms with Crippen LogP contribution in [0.4, 0.5) is 5.69 Å². The maximum Gasteiger partial charge on any atom is 0.251 e. The van der Waals surface area contributed by atoms with E-state index in [1.54, 1.807) is 18.2 Å². The summed E-state index contributed by atoms with van der Waals surface area (Å²) in [5.74, 6) is 0.450. The molecule has 0 unspecified atom stereocenters. The summed E-state index contributed by atoms with van der Waals surface area (Å²) in [6, 6.07) is 12.4. The number of carbonyl (C=O) groups excluding carboxylic acids is 2. The maximum absolute atomic E-state index is 12.6. The van der Waals surface area contributed by atoms with E-state index in [0.29, 0.717) is 23.1 Å². The van der Waals surface area contributed by atoms with E-state index in [1.165, 1.54) is 11.8 Å². The number of allylic oxidation sites excluding steroid dienone is 1. The zero-order chi connectivity index (χ0) is 24.0. The van der Waals surface area contributed by atoms with Gasteiger partial charge >= 0.3 is 0 Å². The summed E-state index contributed by atoms with van der Waals surface area (Å²) < 4.78 is 2.86. The number of anilines is 1. The number of aromatic nitrogens is 3. The summed E-state index contributed by atoms with van der Waals surface area (Å²) in [5, 5.41) is 15.0. The Kier molecular flexibility index (Phi) is 8.46. The zero-order valence-electron chi connectivity index (χ0n) is 18.8. The lowest BCUT2D eigenvalue weighted by molar-refractivity contribution is -0.113. The second-order valence-corrected chi connectivity index (χ2v) is 9.28. The van der Waals surface area contributed by atoms with Crippen LogP contribution in [0.2, 0.25) is 0 Å². The van der Waals surface area contributed by atoms with Gasteiger partial charge in [0.05, 0.1) is 11.8 Å². The third-order valence-electron chi connectivity index (χ3n) is 5.16. The molecule has 1 heterocycles. The first-order valence-electron chi connectivity index (χ1n) is 10.4. The summed E-state index contributed by atoms with van der Waals surface area (Å²) in [5.41, 5.74) is 3.46. The van der Waals surface area contributed by atoms with Gasteiger partial charge in [0.2, 0.25) is 5.91 Å². The molecule has 1 atom stereocenters. The van der Waals surface area contributed by atoms with Crippen LogP contribution < -0.4 is 10.6 Å². The Morgan fingerprint density at radius 1 is 1.15 bits per heavy atom. The monoisotopic (exact) mass is 527 g/mol. The summed E-state index contributed by atoms with van der Waals surface area (Å²) in [7, 11) is 0. The minimum Gasteiger partial charge on any atom is -0.342 e. The summed E-state index contributed by atoms with van der Waals surface area (Å²) in [6.45, 7) is 10.1. The number of nitrogens with one attached hydrogen (secondary N) is 2. The van der Waals surface area contributed by atoms with Gasteiger partial charge in [-0.1, -0.05) is 52.0 Å². The SMILES string of the molecule is C=CCn1c(SCC(=O)Nc2ccc(Br)c(C)c2C)nnc1[C@H](C)NC(=O)c1ccccc1. The third-order valence-corrected chi connectivity index (χ3v) is 6.98. The molecule has 3 rings (SSSR count). The largest absolute Gasteiger partial charge is 0.342 e. The van der Waals surface area contributed by atoms with Crippen LogP contribution in [0, 0.1) is 13.8 Å². The average molecular weight is 528 g/mol. The number of nitrogens with zero attached hydrogens (tertiary/aromatic N) is 3. The predicted molar refractivity (Wildman–Crippen MR) is 136 cm³/mol. The first-order valence-corrected chi connectivity index (χ1v) is 12.2. The molecule has 0 saturated carbocycles. The van der Waals surface area contributed by atoms with Crippen molar-refractivity contribution >= 4 is 45.2 Å². The van der Waals surface area contributed by atoms with Crippen LogP contribution in [-0.2, 0) is 11.3 Å². The first kappa shape index (κ1) is 24.7. The molecule has 2 aromatic carbocycles. The van der Waals surface area contributed by atoms with Crippen molar-refractivity contribution in [3.63, 3.8) is 0 Å². The highest BCUT2D eigenvalue weighted by Crippen LogP contribution is 2.26. The average Bonchev–Trinajstić information content (AvgIpc) is 3.21. The van der Waals surface area contributed by atoms with Crippen molar-refractivity contribution in [2.45, 2.75) is 38.5 Å². The van der Waals surface area contributed by atoms with Crippen molar-refractivity contribution < 1.29 is 9.59 Å². The Hall–Kier alpha value is -2.91. The van der Waals surface area contributed by atoms with E-state index in [4.69, 9.17) is 0 Å². The van der Waals surface area contributed by atoms with Gasteiger partial charge in [-0.15, -0.1) is 16.8 Å². The maximum atomic E-state index is 12.6. The molecular formula is C24H26BrN5O2S. The molecule has 0 radical (unpaired) electrons. The number of benzene rings is 2. The number of amides is 2. The first-order chi connectivity index (χ1) is 15.8. The quantitative estimate of drug-likeness (QED) is 0.299. The van der Waals surface area contributed by atoms with E-state index in [0.717, 1.165) is 21.3 Å². The van der Waals surface area contributed by atoms with E-state index in [2.05, 4.69) is 43.3 Å². The molecule has 0 aliphatic carbocycles. The highest BCUT2D eigenvalue weighted by Gasteiger charge is 2.20. The summed E-state index contributed by atoms with van der Waals surface area (Å²) in [4.78, 5) is 25.1. The Bertz CT molecular complexity index is 1160. The van der Waals surface area contributed by atoms with Gasteiger partial charge in [-0.3, -0.25) is 9.59 Å². The molecule has 0 aliphatic rings. The van der Waals surface area contributed by atoms with E-state index in [-0.39, 0.29) is 23.6 Å². The highest BCUT2D eigenvalue weighted by atomic mass is 79.9. The van der Waals surface area contributed by atoms with Gasteiger partial charge in [-0.25, -0.2) is 0 Å². The molecular weight excluding hydrogens is 502 g/mol. The minimum absolute atomic E-state index is 0.134. The fraction of sp³-hybridized carbons (Fsp3) is 0.250. The molecule has 0 fully saturated rings. The van der Waals surface area contributed by atoms with Crippen molar-refractivity contribution in [1.29, 1.82) is 0 Å². The molecule has 0 bridgehead atoms. The summed E-state index contributed by atoms with van der Waals surface area (Å²) >= 11 is 4.79. The van der Waals surface area contributed by atoms with Gasteiger partial charge in [-0.2, -0.15) is 0 Å². The van der Waals surface area contributed by atoms with Gasteiger partial charge < -0.3 is 15.2 Å². The fourth-order valence-corrected chi connectivity index (χ4v) is 4.39. The van der Waals surface area contributed by atoms with Gasteiger partial charge in [0.25, 0.3) is 5.91 Å². The van der Waals surface area contributed by atoms with E-state index in [9.17, 15) is 9.59 Å². The van der Waals surface area contributed by atoms with Crippen LogP contribution in [0.1, 0.15) is 40.3 Å². The Morgan fingerprint density at radius 2 is 1.88 bits per heavy atom. The molecule has 7 nitrogen and oxygen atoms in total. The van der Waals surface area contributed by atoms with E-state index in [1.807, 2.05) is 55.7 Å². The van der Waals surface area contributed by atoms with Gasteiger partial charge in [0, 0.05) is 22.3 Å². The molecule has 172 valence electrons. The third kappa shape index (κ3) is 6.11. The van der Waals surface area contributed by atoms with E-state index >= 15 is 0 Å². The van der Waals surface area contributed by atoms with Crippen molar-refractivity contribution in [3.05, 3.63) is 82.1 Å². The van der Waals surface area contributed by atoms with Gasteiger partial charge in [0.1, 0.15) is 0 Å². The van der Waals surface area contributed by atoms with Gasteiger partial charge in [0.15, 0.2) is 11.0 Å². The minimum atomic E-state index is -0.373. The molecule has 9 heteroatoms. The lowest BCUT2D eigenvalue weighted by Crippen LogP contribution is -2.28. The fourth-order valence-electron chi connectivity index (χ4n) is 3.20. The van der Waals surface area contributed by atoms with Crippen molar-refractivity contribution in [1.82, 2.24) is 20.1 Å². The van der Waals surface area contributed by atoms with E-state index < -0.39 is 0 Å². The molecule has 0 aliphatic heterocycles. The molecule has 0 saturated heterocycles. The topological polar surface area (TPSA) is 88.9 Å². The molecule has 2 N–H and O–H groups in total. The van der Waals surface area contributed by atoms with Crippen LogP contribution in [0.5, 0.6) is 0 Å². The zero-order valence-corrected chi connectivity index (χ0v) is 21.2. The molecule has 0 spiro atoms. The number of thioether (sulfide) groups is 1. The molecule has 3 aromatic rings. The van der Waals surface area contributed by atoms with Crippen LogP contribution in [-0.4, -0.2) is 32.3 Å². The second-order valence-electron chi connectivity index (χ2n) is 7.48. The van der Waals surface area contributed by atoms with Crippen LogP contribution >= 0.6 is 27.7 Å². The van der Waals surface area contributed by atoms with Gasteiger partial charge in [-0.05, 0) is 56.2 Å². The standard InChI is InChI=1S/C24H26BrN5O2S/c1-5-13-30-22(17(4)26-23(32)18-9-7-6-8-10-18)28-29-24(30)33-14-21(31)27-20-12-11-19(25)15(2)16(20)3/h5-12,17H,1,13-14H2,2-4H3,(H,26,32)(H,27,31)/t17-/m0/s1. The Morgan fingerprint density at radius 3 is 2.58 bits per heavy atom. The number of carbonyl (C=O) groups is 2. The van der Waals surface area contributed by atoms with Crippen LogP contribution in [0.15, 0.2) is 64.7 Å². The normalized spacial score (nSPS) is 11.6. The van der Waals surface area contributed by atoms with Crippen molar-refractivity contribution in [2.24, 2.45) is 0 Å². The number of halogens is 1. The van der Waals surface area contributed by atoms with Crippen LogP contribution in [0.3, 0.4) is 0 Å². The molecule has 2 amide bonds. The molecule has 1 aromatic heterocycles. The lowest BCUT2D eigenvalue weighted by atomic mass is 10.1. The smallest absolute Gasteiger partial charge is 0.251 e. The predicted octanol–water partition coefficient (Wildman–Crippen LogP) is 5.07. The molecule has 33 heavy (non-hydrogen) atoms. The Balaban J connectivity index is 1.67.